The molecule has 0 spiro atoms. The fourth-order valence-electron chi connectivity index (χ4n) is 3.51. The van der Waals surface area contributed by atoms with Gasteiger partial charge in [-0.05, 0) is 39.8 Å². The van der Waals surface area contributed by atoms with Crippen LogP contribution in [-0.2, 0) is 9.59 Å². The van der Waals surface area contributed by atoms with Gasteiger partial charge in [0.05, 0.1) is 23.8 Å². The van der Waals surface area contributed by atoms with Crippen LogP contribution < -0.4 is 5.32 Å². The number of benzene rings is 1. The van der Waals surface area contributed by atoms with Crippen molar-refractivity contribution in [2.45, 2.75) is 39.8 Å². The monoisotopic (exact) mass is 394 g/mol. The molecule has 1 aromatic rings. The molecule has 0 bridgehead atoms. The van der Waals surface area contributed by atoms with Crippen LogP contribution in [0.4, 0.5) is 5.69 Å². The molecule has 1 aliphatic rings. The first-order chi connectivity index (χ1) is 12.8. The van der Waals surface area contributed by atoms with Crippen LogP contribution in [0, 0.1) is 0 Å². The number of nitrogens with one attached hydrogen (secondary N) is 1. The van der Waals surface area contributed by atoms with E-state index in [0.29, 0.717) is 23.8 Å². The summed E-state index contributed by atoms with van der Waals surface area (Å²) in [7, 11) is 0. The van der Waals surface area contributed by atoms with E-state index in [1.807, 2.05) is 44.7 Å². The smallest absolute Gasteiger partial charge is 0.238 e. The average Bonchev–Trinajstić information content (AvgIpc) is 2.58. The normalized spacial score (nSPS) is 16.0. The number of rotatable bonds is 7. The van der Waals surface area contributed by atoms with E-state index in [1.165, 1.54) is 0 Å². The van der Waals surface area contributed by atoms with Crippen LogP contribution in [0.15, 0.2) is 24.3 Å². The molecule has 0 atom stereocenters. The van der Waals surface area contributed by atoms with E-state index < -0.39 is 0 Å². The quantitative estimate of drug-likeness (QED) is 0.772. The molecule has 27 heavy (non-hydrogen) atoms. The molecule has 1 fully saturated rings. The average molecular weight is 395 g/mol. The Labute approximate surface area is 167 Å². The molecule has 0 radical (unpaired) electrons. The first kappa shape index (κ1) is 21.7. The number of amides is 2. The number of nitrogens with zero attached hydrogens (tertiary/aromatic N) is 3. The van der Waals surface area contributed by atoms with Crippen LogP contribution in [0.5, 0.6) is 0 Å². The van der Waals surface area contributed by atoms with Gasteiger partial charge in [0.2, 0.25) is 11.8 Å². The van der Waals surface area contributed by atoms with Crippen molar-refractivity contribution in [1.82, 2.24) is 14.7 Å². The molecule has 7 heteroatoms. The summed E-state index contributed by atoms with van der Waals surface area (Å²) in [5.41, 5.74) is 0.635. The number of para-hydroxylation sites is 1. The van der Waals surface area contributed by atoms with Crippen LogP contribution in [0.3, 0.4) is 0 Å². The van der Waals surface area contributed by atoms with Crippen molar-refractivity contribution in [2.75, 3.05) is 44.6 Å². The number of carbonyl (C=O) groups excluding carboxylic acids is 2. The Morgan fingerprint density at radius 1 is 1.00 bits per heavy atom. The van der Waals surface area contributed by atoms with Crippen molar-refractivity contribution in [3.63, 3.8) is 0 Å². The molecule has 1 N–H and O–H groups in total. The second-order valence-electron chi connectivity index (χ2n) is 7.57. The molecule has 1 aromatic carbocycles. The van der Waals surface area contributed by atoms with Gasteiger partial charge >= 0.3 is 0 Å². The lowest BCUT2D eigenvalue weighted by Crippen LogP contribution is -2.53. The summed E-state index contributed by atoms with van der Waals surface area (Å²) < 4.78 is 0. The summed E-state index contributed by atoms with van der Waals surface area (Å²) in [5.74, 6) is 0.100. The highest BCUT2D eigenvalue weighted by Crippen LogP contribution is 2.20. The van der Waals surface area contributed by atoms with E-state index in [9.17, 15) is 9.59 Å². The number of hydrogen-bond donors (Lipinski definition) is 1. The van der Waals surface area contributed by atoms with Gasteiger partial charge in [0.1, 0.15) is 0 Å². The zero-order chi connectivity index (χ0) is 20.0. The van der Waals surface area contributed by atoms with Gasteiger partial charge in [-0.3, -0.25) is 19.4 Å². The largest absolute Gasteiger partial charge is 0.337 e. The first-order valence-corrected chi connectivity index (χ1v) is 9.96. The number of halogens is 1. The van der Waals surface area contributed by atoms with Gasteiger partial charge < -0.3 is 10.2 Å². The van der Waals surface area contributed by atoms with Crippen LogP contribution in [0.2, 0.25) is 5.02 Å². The summed E-state index contributed by atoms with van der Waals surface area (Å²) >= 11 is 6.08. The Hall–Kier alpha value is -1.63. The fraction of sp³-hybridized carbons (Fsp3) is 0.600. The van der Waals surface area contributed by atoms with Gasteiger partial charge in [-0.15, -0.1) is 0 Å². The van der Waals surface area contributed by atoms with Gasteiger partial charge in [0.25, 0.3) is 0 Å². The Morgan fingerprint density at radius 2 is 1.52 bits per heavy atom. The minimum Gasteiger partial charge on any atom is -0.337 e. The zero-order valence-corrected chi connectivity index (χ0v) is 17.5. The van der Waals surface area contributed by atoms with Crippen molar-refractivity contribution in [1.29, 1.82) is 0 Å². The summed E-state index contributed by atoms with van der Waals surface area (Å²) in [4.78, 5) is 31.0. The van der Waals surface area contributed by atoms with Gasteiger partial charge in [-0.25, -0.2) is 0 Å². The lowest BCUT2D eigenvalue weighted by molar-refractivity contribution is -0.136. The minimum atomic E-state index is -0.0709. The summed E-state index contributed by atoms with van der Waals surface area (Å²) in [6.45, 7) is 12.1. The van der Waals surface area contributed by atoms with Gasteiger partial charge in [0, 0.05) is 38.3 Å². The third-order valence-corrected chi connectivity index (χ3v) is 5.07. The van der Waals surface area contributed by atoms with E-state index >= 15 is 0 Å². The van der Waals surface area contributed by atoms with E-state index in [-0.39, 0.29) is 23.9 Å². The fourth-order valence-corrected chi connectivity index (χ4v) is 3.69. The number of piperazine rings is 1. The molecule has 2 rings (SSSR count). The molecule has 150 valence electrons. The van der Waals surface area contributed by atoms with Crippen molar-refractivity contribution >= 4 is 29.1 Å². The second kappa shape index (κ2) is 10.1. The maximum atomic E-state index is 12.6. The third kappa shape index (κ3) is 6.48. The predicted octanol–water partition coefficient (Wildman–Crippen LogP) is 2.54. The van der Waals surface area contributed by atoms with Gasteiger partial charge in [0.15, 0.2) is 0 Å². The molecule has 0 unspecified atom stereocenters. The SMILES string of the molecule is CC(C)N(C(=O)CN1CCN(CC(=O)Nc2ccccc2Cl)CC1)C(C)C. The number of anilines is 1. The van der Waals surface area contributed by atoms with E-state index in [0.717, 1.165) is 26.2 Å². The van der Waals surface area contributed by atoms with E-state index in [4.69, 9.17) is 11.6 Å². The standard InChI is InChI=1S/C20H31ClN4O2/c1-15(2)25(16(3)4)20(27)14-24-11-9-23(10-12-24)13-19(26)22-18-8-6-5-7-17(18)21/h5-8,15-16H,9-14H2,1-4H3,(H,22,26). The van der Waals surface area contributed by atoms with Crippen molar-refractivity contribution in [2.24, 2.45) is 0 Å². The highest BCUT2D eigenvalue weighted by Gasteiger charge is 2.25. The minimum absolute atomic E-state index is 0.0709. The summed E-state index contributed by atoms with van der Waals surface area (Å²) in [6.07, 6.45) is 0. The Bertz CT molecular complexity index is 635. The summed E-state index contributed by atoms with van der Waals surface area (Å²) in [6, 6.07) is 7.62. The van der Waals surface area contributed by atoms with Gasteiger partial charge in [-0.1, -0.05) is 23.7 Å². The second-order valence-corrected chi connectivity index (χ2v) is 7.98. The molecule has 6 nitrogen and oxygen atoms in total. The Morgan fingerprint density at radius 3 is 2.04 bits per heavy atom. The Balaban J connectivity index is 1.77. The predicted molar refractivity (Wildman–Crippen MR) is 110 cm³/mol. The molecular weight excluding hydrogens is 364 g/mol. The lowest BCUT2D eigenvalue weighted by Gasteiger charge is -2.37. The molecule has 0 aromatic heterocycles. The number of hydrogen-bond acceptors (Lipinski definition) is 4. The zero-order valence-electron chi connectivity index (χ0n) is 16.7. The van der Waals surface area contributed by atoms with Crippen molar-refractivity contribution < 1.29 is 9.59 Å². The molecule has 1 aliphatic heterocycles. The van der Waals surface area contributed by atoms with E-state index in [2.05, 4.69) is 15.1 Å². The van der Waals surface area contributed by atoms with E-state index in [1.54, 1.807) is 12.1 Å². The molecular formula is C20H31ClN4O2. The Kier molecular flexibility index (Phi) is 8.07. The first-order valence-electron chi connectivity index (χ1n) is 9.58. The van der Waals surface area contributed by atoms with Gasteiger partial charge in [-0.2, -0.15) is 0 Å². The van der Waals surface area contributed by atoms with Crippen molar-refractivity contribution in [3.8, 4) is 0 Å². The summed E-state index contributed by atoms with van der Waals surface area (Å²) in [5, 5.41) is 3.39. The molecule has 0 aliphatic carbocycles. The maximum absolute atomic E-state index is 12.6. The van der Waals surface area contributed by atoms with Crippen LogP contribution in [0.1, 0.15) is 27.7 Å². The van der Waals surface area contributed by atoms with Crippen molar-refractivity contribution in [3.05, 3.63) is 29.3 Å². The molecule has 0 saturated carbocycles. The third-order valence-electron chi connectivity index (χ3n) is 4.74. The van der Waals surface area contributed by atoms with Crippen LogP contribution in [0.25, 0.3) is 0 Å². The topological polar surface area (TPSA) is 55.9 Å². The highest BCUT2D eigenvalue weighted by atomic mass is 35.5. The lowest BCUT2D eigenvalue weighted by atomic mass is 10.2. The maximum Gasteiger partial charge on any atom is 0.238 e. The number of carbonyl (C=O) groups is 2. The molecule has 1 heterocycles. The molecule has 1 saturated heterocycles. The van der Waals surface area contributed by atoms with Crippen LogP contribution in [-0.4, -0.2) is 77.9 Å². The highest BCUT2D eigenvalue weighted by molar-refractivity contribution is 6.33. The van der Waals surface area contributed by atoms with Crippen LogP contribution >= 0.6 is 11.6 Å². The molecule has 2 amide bonds.